The first-order valence-corrected chi connectivity index (χ1v) is 7.47. The first kappa shape index (κ1) is 14.6. The van der Waals surface area contributed by atoms with Crippen LogP contribution in [0.2, 0.25) is 0 Å². The molecule has 0 N–H and O–H groups in total. The summed E-state index contributed by atoms with van der Waals surface area (Å²) in [6, 6.07) is 13.7. The largest absolute Gasteiger partial charge is 0.496 e. The molecule has 2 atom stereocenters. The summed E-state index contributed by atoms with van der Waals surface area (Å²) in [7, 11) is 3.27. The number of carbonyl (C=O) groups is 1. The first-order chi connectivity index (χ1) is 10.7. The Morgan fingerprint density at radius 3 is 2.50 bits per heavy atom. The summed E-state index contributed by atoms with van der Waals surface area (Å²) in [6.07, 6.45) is 0.871. The molecular formula is C19H20O3. The predicted octanol–water partition coefficient (Wildman–Crippen LogP) is 4.00. The first-order valence-electron chi connectivity index (χ1n) is 7.47. The Kier molecular flexibility index (Phi) is 3.88. The van der Waals surface area contributed by atoms with E-state index < -0.39 is 0 Å². The zero-order chi connectivity index (χ0) is 15.7. The fourth-order valence-corrected chi connectivity index (χ4v) is 3.02. The second-order valence-electron chi connectivity index (χ2n) is 5.76. The summed E-state index contributed by atoms with van der Waals surface area (Å²) in [5, 5.41) is 0. The minimum absolute atomic E-state index is 0.0204. The van der Waals surface area contributed by atoms with Crippen LogP contribution in [0, 0.1) is 12.8 Å². The molecule has 0 saturated heterocycles. The van der Waals surface area contributed by atoms with Gasteiger partial charge < -0.3 is 9.47 Å². The Bertz CT molecular complexity index is 706. The third-order valence-electron chi connectivity index (χ3n) is 4.29. The maximum Gasteiger partial charge on any atom is 0.170 e. The van der Waals surface area contributed by atoms with Gasteiger partial charge in [-0.2, -0.15) is 0 Å². The van der Waals surface area contributed by atoms with Crippen molar-refractivity contribution in [2.75, 3.05) is 14.2 Å². The molecule has 2 aromatic rings. The minimum Gasteiger partial charge on any atom is -0.496 e. The molecule has 3 nitrogen and oxygen atoms in total. The van der Waals surface area contributed by atoms with E-state index in [2.05, 4.69) is 0 Å². The maximum atomic E-state index is 12.8. The van der Waals surface area contributed by atoms with Gasteiger partial charge >= 0.3 is 0 Å². The maximum absolute atomic E-state index is 12.8. The second kappa shape index (κ2) is 5.84. The van der Waals surface area contributed by atoms with Crippen LogP contribution in [0.1, 0.15) is 33.8 Å². The van der Waals surface area contributed by atoms with E-state index in [0.717, 1.165) is 23.3 Å². The average molecular weight is 296 g/mol. The molecule has 0 aliphatic heterocycles. The molecule has 1 fully saturated rings. The van der Waals surface area contributed by atoms with Crippen LogP contribution >= 0.6 is 0 Å². The SMILES string of the molecule is COc1ccc(C)cc1C(=O)C1CC1c1ccccc1OC. The molecule has 3 heteroatoms. The summed E-state index contributed by atoms with van der Waals surface area (Å²) in [5.74, 6) is 1.94. The summed E-state index contributed by atoms with van der Waals surface area (Å²) >= 11 is 0. The van der Waals surface area contributed by atoms with Crippen molar-refractivity contribution < 1.29 is 14.3 Å². The number of hydrogen-bond donors (Lipinski definition) is 0. The van der Waals surface area contributed by atoms with Crippen LogP contribution in [-0.4, -0.2) is 20.0 Å². The molecule has 114 valence electrons. The van der Waals surface area contributed by atoms with Crippen molar-refractivity contribution in [2.24, 2.45) is 5.92 Å². The zero-order valence-electron chi connectivity index (χ0n) is 13.1. The van der Waals surface area contributed by atoms with Crippen molar-refractivity contribution in [3.8, 4) is 11.5 Å². The van der Waals surface area contributed by atoms with Gasteiger partial charge in [0.1, 0.15) is 11.5 Å². The standard InChI is InChI=1S/C19H20O3/c1-12-8-9-18(22-3)16(10-12)19(20)15-11-14(15)13-6-4-5-7-17(13)21-2/h4-10,14-15H,11H2,1-3H3. The van der Waals surface area contributed by atoms with Gasteiger partial charge in [0.25, 0.3) is 0 Å². The van der Waals surface area contributed by atoms with Gasteiger partial charge in [0.15, 0.2) is 5.78 Å². The number of ether oxygens (including phenoxy) is 2. The third-order valence-corrected chi connectivity index (χ3v) is 4.29. The molecule has 3 rings (SSSR count). The van der Waals surface area contributed by atoms with Crippen LogP contribution in [0.3, 0.4) is 0 Å². The van der Waals surface area contributed by atoms with E-state index in [4.69, 9.17) is 9.47 Å². The number of methoxy groups -OCH3 is 2. The van der Waals surface area contributed by atoms with Crippen LogP contribution in [0.5, 0.6) is 11.5 Å². The Morgan fingerprint density at radius 2 is 1.77 bits per heavy atom. The fourth-order valence-electron chi connectivity index (χ4n) is 3.02. The number of hydrogen-bond acceptors (Lipinski definition) is 3. The van der Waals surface area contributed by atoms with Crippen molar-refractivity contribution in [3.63, 3.8) is 0 Å². The van der Waals surface area contributed by atoms with Crippen molar-refractivity contribution in [1.82, 2.24) is 0 Å². The minimum atomic E-state index is 0.0204. The Morgan fingerprint density at radius 1 is 1.05 bits per heavy atom. The van der Waals surface area contributed by atoms with Crippen LogP contribution in [0.4, 0.5) is 0 Å². The van der Waals surface area contributed by atoms with Crippen LogP contribution in [0.25, 0.3) is 0 Å². The number of carbonyl (C=O) groups excluding carboxylic acids is 1. The lowest BCUT2D eigenvalue weighted by molar-refractivity contribution is 0.0962. The molecule has 0 amide bonds. The number of ketones is 1. The second-order valence-corrected chi connectivity index (χ2v) is 5.76. The van der Waals surface area contributed by atoms with Gasteiger partial charge in [-0.3, -0.25) is 4.79 Å². The third kappa shape index (κ3) is 2.59. The van der Waals surface area contributed by atoms with E-state index in [0.29, 0.717) is 11.3 Å². The number of para-hydroxylation sites is 1. The molecule has 1 saturated carbocycles. The lowest BCUT2D eigenvalue weighted by Gasteiger charge is -2.10. The highest BCUT2D eigenvalue weighted by Crippen LogP contribution is 2.52. The molecule has 0 aromatic heterocycles. The number of Topliss-reactive ketones (excluding diaryl/α,β-unsaturated/α-hetero) is 1. The molecule has 2 unspecified atom stereocenters. The summed E-state index contributed by atoms with van der Waals surface area (Å²) in [4.78, 5) is 12.8. The molecular weight excluding hydrogens is 276 g/mol. The van der Waals surface area contributed by atoms with Gasteiger partial charge in [-0.05, 0) is 43.0 Å². The topological polar surface area (TPSA) is 35.5 Å². The lowest BCUT2D eigenvalue weighted by atomic mass is 10.00. The molecule has 2 aromatic carbocycles. The zero-order valence-corrected chi connectivity index (χ0v) is 13.1. The van der Waals surface area contributed by atoms with Gasteiger partial charge in [0.2, 0.25) is 0 Å². The Balaban J connectivity index is 1.86. The Hall–Kier alpha value is -2.29. The van der Waals surface area contributed by atoms with E-state index in [9.17, 15) is 4.79 Å². The van der Waals surface area contributed by atoms with Gasteiger partial charge in [-0.1, -0.05) is 29.8 Å². The van der Waals surface area contributed by atoms with E-state index in [1.807, 2.05) is 49.4 Å². The molecule has 0 bridgehead atoms. The number of aryl methyl sites for hydroxylation is 1. The molecule has 1 aliphatic carbocycles. The monoisotopic (exact) mass is 296 g/mol. The summed E-state index contributed by atoms with van der Waals surface area (Å²) in [6.45, 7) is 1.99. The van der Waals surface area contributed by atoms with Crippen molar-refractivity contribution in [3.05, 3.63) is 59.2 Å². The van der Waals surface area contributed by atoms with Crippen LogP contribution in [-0.2, 0) is 0 Å². The van der Waals surface area contributed by atoms with Gasteiger partial charge in [-0.25, -0.2) is 0 Å². The van der Waals surface area contributed by atoms with E-state index in [1.54, 1.807) is 14.2 Å². The predicted molar refractivity (Wildman–Crippen MR) is 85.9 cm³/mol. The fraction of sp³-hybridized carbons (Fsp3) is 0.316. The Labute approximate surface area is 130 Å². The molecule has 22 heavy (non-hydrogen) atoms. The van der Waals surface area contributed by atoms with E-state index in [-0.39, 0.29) is 17.6 Å². The van der Waals surface area contributed by atoms with Crippen LogP contribution < -0.4 is 9.47 Å². The molecule has 0 spiro atoms. The highest BCUT2D eigenvalue weighted by atomic mass is 16.5. The van der Waals surface area contributed by atoms with Gasteiger partial charge in [0.05, 0.1) is 19.8 Å². The highest BCUT2D eigenvalue weighted by Gasteiger charge is 2.45. The number of rotatable bonds is 5. The summed E-state index contributed by atoms with van der Waals surface area (Å²) in [5.41, 5.74) is 2.87. The highest BCUT2D eigenvalue weighted by molar-refractivity contribution is 6.02. The smallest absolute Gasteiger partial charge is 0.170 e. The van der Waals surface area contributed by atoms with Crippen molar-refractivity contribution >= 4 is 5.78 Å². The van der Waals surface area contributed by atoms with Gasteiger partial charge in [-0.15, -0.1) is 0 Å². The van der Waals surface area contributed by atoms with Crippen LogP contribution in [0.15, 0.2) is 42.5 Å². The quantitative estimate of drug-likeness (QED) is 0.782. The summed E-state index contributed by atoms with van der Waals surface area (Å²) < 4.78 is 10.7. The molecule has 0 heterocycles. The van der Waals surface area contributed by atoms with E-state index in [1.165, 1.54) is 0 Å². The lowest BCUT2D eigenvalue weighted by Crippen LogP contribution is -2.06. The van der Waals surface area contributed by atoms with E-state index >= 15 is 0 Å². The normalized spacial score (nSPS) is 19.6. The average Bonchev–Trinajstić information content (AvgIpc) is 3.34. The van der Waals surface area contributed by atoms with Gasteiger partial charge in [0, 0.05) is 5.92 Å². The van der Waals surface area contributed by atoms with Crippen molar-refractivity contribution in [2.45, 2.75) is 19.3 Å². The van der Waals surface area contributed by atoms with Crippen molar-refractivity contribution in [1.29, 1.82) is 0 Å². The number of benzene rings is 2. The molecule has 0 radical (unpaired) electrons. The molecule has 1 aliphatic rings.